The molecule has 0 fully saturated rings. The van der Waals surface area contributed by atoms with Crippen LogP contribution in [0, 0.1) is 6.92 Å². The maximum Gasteiger partial charge on any atom is 0.337 e. The van der Waals surface area contributed by atoms with E-state index in [0.717, 1.165) is 10.5 Å². The van der Waals surface area contributed by atoms with Crippen LogP contribution in [0.5, 0.6) is 0 Å². The summed E-state index contributed by atoms with van der Waals surface area (Å²) in [6.45, 7) is 3.78. The number of aryl methyl sites for hydroxylation is 1. The summed E-state index contributed by atoms with van der Waals surface area (Å²) in [5.41, 5.74) is 1.76. The van der Waals surface area contributed by atoms with Crippen molar-refractivity contribution < 1.29 is 23.9 Å². The summed E-state index contributed by atoms with van der Waals surface area (Å²) in [7, 11) is 2.48. The Morgan fingerprint density at radius 1 is 0.926 bits per heavy atom. The van der Waals surface area contributed by atoms with Gasteiger partial charge < -0.3 is 14.8 Å². The number of nitrogens with one attached hydrogen (secondary N) is 1. The molecule has 1 N–H and O–H groups in total. The normalized spacial score (nSPS) is 11.4. The van der Waals surface area contributed by atoms with Crippen molar-refractivity contribution in [2.75, 3.05) is 19.5 Å². The summed E-state index contributed by atoms with van der Waals surface area (Å²) in [6, 6.07) is 12.1. The van der Waals surface area contributed by atoms with Crippen molar-refractivity contribution in [1.82, 2.24) is 0 Å². The van der Waals surface area contributed by atoms with E-state index in [9.17, 15) is 14.4 Å². The van der Waals surface area contributed by atoms with Crippen molar-refractivity contribution in [3.05, 3.63) is 59.2 Å². The van der Waals surface area contributed by atoms with Crippen molar-refractivity contribution in [3.63, 3.8) is 0 Å². The molecule has 27 heavy (non-hydrogen) atoms. The van der Waals surface area contributed by atoms with E-state index in [1.807, 2.05) is 31.2 Å². The number of hydrogen-bond donors (Lipinski definition) is 1. The van der Waals surface area contributed by atoms with Crippen LogP contribution in [0.4, 0.5) is 5.69 Å². The van der Waals surface area contributed by atoms with Gasteiger partial charge in [-0.05, 0) is 44.2 Å². The Balaban J connectivity index is 2.18. The third-order valence-corrected chi connectivity index (χ3v) is 4.86. The molecule has 2 aromatic carbocycles. The molecule has 0 aliphatic heterocycles. The molecule has 2 rings (SSSR count). The summed E-state index contributed by atoms with van der Waals surface area (Å²) in [5.74, 6) is -1.48. The fraction of sp³-hybridized carbons (Fsp3) is 0.250. The quantitative estimate of drug-likeness (QED) is 0.601. The third kappa shape index (κ3) is 5.59. The van der Waals surface area contributed by atoms with Crippen molar-refractivity contribution >= 4 is 35.3 Å². The summed E-state index contributed by atoms with van der Waals surface area (Å²) < 4.78 is 9.39. The van der Waals surface area contributed by atoms with E-state index >= 15 is 0 Å². The summed E-state index contributed by atoms with van der Waals surface area (Å²) in [4.78, 5) is 37.1. The number of carbonyl (C=O) groups is 3. The molecule has 0 aromatic heterocycles. The number of thioether (sulfide) groups is 1. The monoisotopic (exact) mass is 387 g/mol. The number of ether oxygens (including phenoxy) is 2. The summed E-state index contributed by atoms with van der Waals surface area (Å²) >= 11 is 1.41. The second kappa shape index (κ2) is 9.23. The fourth-order valence-corrected chi connectivity index (χ4v) is 3.16. The Morgan fingerprint density at radius 2 is 1.44 bits per heavy atom. The lowest BCUT2D eigenvalue weighted by atomic mass is 10.1. The molecule has 0 saturated heterocycles. The first kappa shape index (κ1) is 20.5. The summed E-state index contributed by atoms with van der Waals surface area (Å²) in [6.07, 6.45) is 0. The number of amides is 1. The van der Waals surface area contributed by atoms with Crippen LogP contribution in [-0.2, 0) is 14.3 Å². The van der Waals surface area contributed by atoms with E-state index in [2.05, 4.69) is 5.32 Å². The van der Waals surface area contributed by atoms with E-state index < -0.39 is 11.9 Å². The van der Waals surface area contributed by atoms with Crippen LogP contribution >= 0.6 is 11.8 Å². The van der Waals surface area contributed by atoms with Gasteiger partial charge in [0.1, 0.15) is 0 Å². The van der Waals surface area contributed by atoms with Crippen molar-refractivity contribution in [3.8, 4) is 0 Å². The van der Waals surface area contributed by atoms with Crippen LogP contribution < -0.4 is 5.32 Å². The van der Waals surface area contributed by atoms with Gasteiger partial charge in [-0.1, -0.05) is 17.7 Å². The Hall–Kier alpha value is -2.80. The SMILES string of the molecule is COC(=O)c1cc(NC(=O)[C@@H](C)Sc2ccc(C)cc2)cc(C(=O)OC)c1. The molecule has 0 radical (unpaired) electrons. The molecule has 0 aliphatic rings. The third-order valence-electron chi connectivity index (χ3n) is 3.75. The molecule has 1 amide bonds. The average molecular weight is 387 g/mol. The molecule has 7 heteroatoms. The second-order valence-corrected chi connectivity index (χ2v) is 7.26. The number of hydrogen-bond acceptors (Lipinski definition) is 6. The Kier molecular flexibility index (Phi) is 7.01. The van der Waals surface area contributed by atoms with Gasteiger partial charge in [0.05, 0.1) is 30.6 Å². The Labute approximate surface area is 162 Å². The molecular formula is C20H21NO5S. The molecule has 0 aliphatic carbocycles. The average Bonchev–Trinajstić information content (AvgIpc) is 2.67. The Morgan fingerprint density at radius 3 is 1.93 bits per heavy atom. The lowest BCUT2D eigenvalue weighted by molar-refractivity contribution is -0.115. The predicted octanol–water partition coefficient (Wildman–Crippen LogP) is 3.69. The summed E-state index contributed by atoms with van der Waals surface area (Å²) in [5, 5.41) is 2.36. The highest BCUT2D eigenvalue weighted by Crippen LogP contribution is 2.25. The van der Waals surface area contributed by atoms with Gasteiger partial charge >= 0.3 is 11.9 Å². The maximum atomic E-state index is 12.5. The van der Waals surface area contributed by atoms with Gasteiger partial charge in [0.2, 0.25) is 5.91 Å². The molecule has 1 atom stereocenters. The number of methoxy groups -OCH3 is 2. The number of benzene rings is 2. The number of carbonyl (C=O) groups excluding carboxylic acids is 3. The number of esters is 2. The first-order valence-electron chi connectivity index (χ1n) is 8.20. The van der Waals surface area contributed by atoms with Gasteiger partial charge in [-0.15, -0.1) is 11.8 Å². The van der Waals surface area contributed by atoms with Crippen LogP contribution in [0.3, 0.4) is 0 Å². The van der Waals surface area contributed by atoms with Gasteiger partial charge in [-0.3, -0.25) is 4.79 Å². The van der Waals surface area contributed by atoms with E-state index in [1.165, 1.54) is 44.2 Å². The van der Waals surface area contributed by atoms with Crippen molar-refractivity contribution in [1.29, 1.82) is 0 Å². The zero-order valence-electron chi connectivity index (χ0n) is 15.6. The fourth-order valence-electron chi connectivity index (χ4n) is 2.29. The molecule has 2 aromatic rings. The van der Waals surface area contributed by atoms with E-state index in [0.29, 0.717) is 5.69 Å². The van der Waals surface area contributed by atoms with Crippen molar-refractivity contribution in [2.45, 2.75) is 24.0 Å². The zero-order chi connectivity index (χ0) is 20.0. The predicted molar refractivity (Wildman–Crippen MR) is 104 cm³/mol. The lowest BCUT2D eigenvalue weighted by Crippen LogP contribution is -2.23. The van der Waals surface area contributed by atoms with Crippen LogP contribution in [-0.4, -0.2) is 37.3 Å². The standard InChI is InChI=1S/C20H21NO5S/c1-12-5-7-17(8-6-12)27-13(2)18(22)21-16-10-14(19(23)25-3)9-15(11-16)20(24)26-4/h5-11,13H,1-4H3,(H,21,22)/t13-/m1/s1. The van der Waals surface area contributed by atoms with Crippen LogP contribution in [0.15, 0.2) is 47.4 Å². The largest absolute Gasteiger partial charge is 0.465 e. The molecule has 0 bridgehead atoms. The van der Waals surface area contributed by atoms with Gasteiger partial charge in [-0.25, -0.2) is 9.59 Å². The van der Waals surface area contributed by atoms with Gasteiger partial charge in [-0.2, -0.15) is 0 Å². The van der Waals surface area contributed by atoms with Crippen LogP contribution in [0.25, 0.3) is 0 Å². The van der Waals surface area contributed by atoms with Crippen molar-refractivity contribution in [2.24, 2.45) is 0 Å². The van der Waals surface area contributed by atoms with Crippen LogP contribution in [0.1, 0.15) is 33.2 Å². The smallest absolute Gasteiger partial charge is 0.337 e. The minimum Gasteiger partial charge on any atom is -0.465 e. The van der Waals surface area contributed by atoms with E-state index in [4.69, 9.17) is 9.47 Å². The van der Waals surface area contributed by atoms with Gasteiger partial charge in [0, 0.05) is 10.6 Å². The highest BCUT2D eigenvalue weighted by molar-refractivity contribution is 8.00. The number of anilines is 1. The minimum absolute atomic E-state index is 0.148. The molecular weight excluding hydrogens is 366 g/mol. The molecule has 0 saturated carbocycles. The zero-order valence-corrected chi connectivity index (χ0v) is 16.4. The molecule has 0 spiro atoms. The highest BCUT2D eigenvalue weighted by atomic mass is 32.2. The topological polar surface area (TPSA) is 81.7 Å². The first-order chi connectivity index (χ1) is 12.8. The first-order valence-corrected chi connectivity index (χ1v) is 9.08. The lowest BCUT2D eigenvalue weighted by Gasteiger charge is -2.14. The van der Waals surface area contributed by atoms with E-state index in [-0.39, 0.29) is 22.3 Å². The van der Waals surface area contributed by atoms with Gasteiger partial charge in [0.25, 0.3) is 0 Å². The molecule has 0 heterocycles. The molecule has 6 nitrogen and oxygen atoms in total. The second-order valence-electron chi connectivity index (χ2n) is 5.84. The maximum absolute atomic E-state index is 12.5. The molecule has 0 unspecified atom stereocenters. The van der Waals surface area contributed by atoms with Crippen LogP contribution in [0.2, 0.25) is 0 Å². The highest BCUT2D eigenvalue weighted by Gasteiger charge is 2.18. The minimum atomic E-state index is -0.613. The van der Waals surface area contributed by atoms with Gasteiger partial charge in [0.15, 0.2) is 0 Å². The Bertz CT molecular complexity index is 814. The van der Waals surface area contributed by atoms with E-state index in [1.54, 1.807) is 6.92 Å². The number of rotatable bonds is 6. The molecule has 142 valence electrons.